The minimum Gasteiger partial charge on any atom is -0.434 e. The second-order valence-electron chi connectivity index (χ2n) is 4.22. The SMILES string of the molecule is NNC(c1cc(F)cc(F)c1)c1ccccc1OC(F)F. The van der Waals surface area contributed by atoms with Gasteiger partial charge in [0, 0.05) is 11.6 Å². The van der Waals surface area contributed by atoms with Crippen LogP contribution in [-0.2, 0) is 0 Å². The maximum atomic E-state index is 13.3. The molecule has 1 unspecified atom stereocenters. The summed E-state index contributed by atoms with van der Waals surface area (Å²) < 4.78 is 55.8. The Bertz CT molecular complexity index is 601. The van der Waals surface area contributed by atoms with E-state index in [1.165, 1.54) is 18.2 Å². The molecular formula is C14H12F4N2O. The summed E-state index contributed by atoms with van der Waals surface area (Å²) in [6.45, 7) is -3.02. The van der Waals surface area contributed by atoms with Crippen LogP contribution in [0.15, 0.2) is 42.5 Å². The molecule has 21 heavy (non-hydrogen) atoms. The van der Waals surface area contributed by atoms with Gasteiger partial charge in [0.1, 0.15) is 17.4 Å². The molecule has 0 radical (unpaired) electrons. The van der Waals surface area contributed by atoms with E-state index in [0.29, 0.717) is 6.07 Å². The lowest BCUT2D eigenvalue weighted by atomic mass is 9.98. The van der Waals surface area contributed by atoms with Crippen molar-refractivity contribution >= 4 is 0 Å². The molecule has 1 atom stereocenters. The highest BCUT2D eigenvalue weighted by atomic mass is 19.3. The maximum absolute atomic E-state index is 13.3. The highest BCUT2D eigenvalue weighted by Crippen LogP contribution is 2.31. The van der Waals surface area contributed by atoms with Crippen LogP contribution in [0.25, 0.3) is 0 Å². The molecular weight excluding hydrogens is 288 g/mol. The number of alkyl halides is 2. The zero-order valence-electron chi connectivity index (χ0n) is 10.7. The quantitative estimate of drug-likeness (QED) is 0.507. The summed E-state index contributed by atoms with van der Waals surface area (Å²) in [6, 6.07) is 7.81. The number of hydrogen-bond donors (Lipinski definition) is 2. The maximum Gasteiger partial charge on any atom is 0.387 e. The van der Waals surface area contributed by atoms with E-state index in [1.54, 1.807) is 6.07 Å². The summed E-state index contributed by atoms with van der Waals surface area (Å²) in [5.74, 6) is 3.69. The first-order valence-electron chi connectivity index (χ1n) is 5.97. The molecule has 2 rings (SSSR count). The topological polar surface area (TPSA) is 47.3 Å². The lowest BCUT2D eigenvalue weighted by Gasteiger charge is -2.20. The highest BCUT2D eigenvalue weighted by molar-refractivity contribution is 5.41. The van der Waals surface area contributed by atoms with E-state index in [-0.39, 0.29) is 16.9 Å². The molecule has 0 bridgehead atoms. The Morgan fingerprint density at radius 2 is 1.62 bits per heavy atom. The summed E-state index contributed by atoms with van der Waals surface area (Å²) in [5, 5.41) is 0. The Kier molecular flexibility index (Phi) is 4.77. The molecule has 0 saturated heterocycles. The standard InChI is InChI=1S/C14H12F4N2O/c15-9-5-8(6-10(16)7-9)13(20-19)11-3-1-2-4-12(11)21-14(17)18/h1-7,13-14,20H,19H2. The number of hydrazine groups is 1. The molecule has 0 aliphatic rings. The van der Waals surface area contributed by atoms with E-state index in [9.17, 15) is 17.6 Å². The zero-order valence-corrected chi connectivity index (χ0v) is 10.7. The monoisotopic (exact) mass is 300 g/mol. The van der Waals surface area contributed by atoms with Gasteiger partial charge in [-0.2, -0.15) is 8.78 Å². The molecule has 0 spiro atoms. The van der Waals surface area contributed by atoms with Gasteiger partial charge >= 0.3 is 6.61 Å². The number of rotatable bonds is 5. The predicted molar refractivity (Wildman–Crippen MR) is 68.6 cm³/mol. The van der Waals surface area contributed by atoms with E-state index in [0.717, 1.165) is 12.1 Å². The molecule has 0 amide bonds. The van der Waals surface area contributed by atoms with E-state index in [1.807, 2.05) is 0 Å². The van der Waals surface area contributed by atoms with E-state index in [4.69, 9.17) is 5.84 Å². The Balaban J connectivity index is 2.46. The molecule has 0 saturated carbocycles. The Hall–Kier alpha value is -2.12. The van der Waals surface area contributed by atoms with Crippen LogP contribution >= 0.6 is 0 Å². The second-order valence-corrected chi connectivity index (χ2v) is 4.22. The Morgan fingerprint density at radius 3 is 2.19 bits per heavy atom. The van der Waals surface area contributed by atoms with E-state index >= 15 is 0 Å². The number of para-hydroxylation sites is 1. The van der Waals surface area contributed by atoms with E-state index in [2.05, 4.69) is 10.2 Å². The molecule has 7 heteroatoms. The lowest BCUT2D eigenvalue weighted by molar-refractivity contribution is -0.0506. The molecule has 2 aromatic carbocycles. The smallest absolute Gasteiger partial charge is 0.387 e. The van der Waals surface area contributed by atoms with Gasteiger partial charge in [0.15, 0.2) is 0 Å². The normalized spacial score (nSPS) is 12.5. The van der Waals surface area contributed by atoms with Crippen molar-refractivity contribution in [2.45, 2.75) is 12.7 Å². The van der Waals surface area contributed by atoms with Gasteiger partial charge in [-0.15, -0.1) is 0 Å². The van der Waals surface area contributed by atoms with Crippen LogP contribution in [0.2, 0.25) is 0 Å². The predicted octanol–water partition coefficient (Wildman–Crippen LogP) is 3.12. The van der Waals surface area contributed by atoms with Crippen LogP contribution in [-0.4, -0.2) is 6.61 Å². The largest absolute Gasteiger partial charge is 0.434 e. The van der Waals surface area contributed by atoms with Crippen molar-refractivity contribution < 1.29 is 22.3 Å². The Morgan fingerprint density at radius 1 is 1.00 bits per heavy atom. The average molecular weight is 300 g/mol. The fourth-order valence-electron chi connectivity index (χ4n) is 2.03. The van der Waals surface area contributed by atoms with Crippen LogP contribution < -0.4 is 16.0 Å². The molecule has 2 aromatic rings. The van der Waals surface area contributed by atoms with E-state index < -0.39 is 24.3 Å². The van der Waals surface area contributed by atoms with Crippen LogP contribution in [0.4, 0.5) is 17.6 Å². The van der Waals surface area contributed by atoms with Gasteiger partial charge in [0.05, 0.1) is 6.04 Å². The molecule has 0 heterocycles. The van der Waals surface area contributed by atoms with Gasteiger partial charge in [-0.3, -0.25) is 5.84 Å². The average Bonchev–Trinajstić information content (AvgIpc) is 2.40. The highest BCUT2D eigenvalue weighted by Gasteiger charge is 2.20. The molecule has 3 nitrogen and oxygen atoms in total. The molecule has 3 N–H and O–H groups in total. The minimum atomic E-state index is -3.02. The number of nitrogens with one attached hydrogen (secondary N) is 1. The lowest BCUT2D eigenvalue weighted by Crippen LogP contribution is -2.29. The molecule has 112 valence electrons. The molecule has 0 aliphatic carbocycles. The van der Waals surface area contributed by atoms with Gasteiger partial charge < -0.3 is 4.74 Å². The van der Waals surface area contributed by atoms with Gasteiger partial charge in [-0.25, -0.2) is 14.2 Å². The third kappa shape index (κ3) is 3.71. The first kappa shape index (κ1) is 15.3. The Labute approximate surface area is 118 Å². The minimum absolute atomic E-state index is 0.125. The van der Waals surface area contributed by atoms with Crippen molar-refractivity contribution in [3.8, 4) is 5.75 Å². The van der Waals surface area contributed by atoms with Crippen LogP contribution in [0.1, 0.15) is 17.2 Å². The first-order valence-corrected chi connectivity index (χ1v) is 5.97. The van der Waals surface area contributed by atoms with Crippen molar-refractivity contribution in [2.75, 3.05) is 0 Å². The van der Waals surface area contributed by atoms with Crippen LogP contribution in [0.5, 0.6) is 5.75 Å². The van der Waals surface area contributed by atoms with Gasteiger partial charge in [-0.05, 0) is 23.8 Å². The molecule has 0 aromatic heterocycles. The number of halogens is 4. The molecule has 0 aliphatic heterocycles. The summed E-state index contributed by atoms with van der Waals surface area (Å²) in [4.78, 5) is 0. The first-order chi connectivity index (χ1) is 10.0. The van der Waals surface area contributed by atoms with Gasteiger partial charge in [0.2, 0.25) is 0 Å². The summed E-state index contributed by atoms with van der Waals surface area (Å²) in [5.41, 5.74) is 2.74. The third-order valence-corrected chi connectivity index (χ3v) is 2.83. The van der Waals surface area contributed by atoms with Crippen LogP contribution in [0.3, 0.4) is 0 Å². The van der Waals surface area contributed by atoms with Crippen molar-refractivity contribution in [3.63, 3.8) is 0 Å². The number of hydrogen-bond acceptors (Lipinski definition) is 3. The van der Waals surface area contributed by atoms with Crippen LogP contribution in [0, 0.1) is 11.6 Å². The number of benzene rings is 2. The van der Waals surface area contributed by atoms with Crippen molar-refractivity contribution in [1.29, 1.82) is 0 Å². The van der Waals surface area contributed by atoms with Crippen molar-refractivity contribution in [1.82, 2.24) is 5.43 Å². The van der Waals surface area contributed by atoms with Crippen molar-refractivity contribution in [2.24, 2.45) is 5.84 Å². The fraction of sp³-hybridized carbons (Fsp3) is 0.143. The van der Waals surface area contributed by atoms with Gasteiger partial charge in [0.25, 0.3) is 0 Å². The third-order valence-electron chi connectivity index (χ3n) is 2.83. The fourth-order valence-corrected chi connectivity index (χ4v) is 2.03. The summed E-state index contributed by atoms with van der Waals surface area (Å²) >= 11 is 0. The number of nitrogens with two attached hydrogens (primary N) is 1. The molecule has 0 fully saturated rings. The van der Waals surface area contributed by atoms with Crippen molar-refractivity contribution in [3.05, 3.63) is 65.2 Å². The summed E-state index contributed by atoms with van der Waals surface area (Å²) in [6.07, 6.45) is 0. The zero-order chi connectivity index (χ0) is 15.4. The number of ether oxygens (including phenoxy) is 1. The summed E-state index contributed by atoms with van der Waals surface area (Å²) in [7, 11) is 0. The van der Waals surface area contributed by atoms with Gasteiger partial charge in [-0.1, -0.05) is 18.2 Å². The second kappa shape index (κ2) is 6.55.